The average molecular weight is 362 g/mol. The highest BCUT2D eigenvalue weighted by Gasteiger charge is 2.37. The molecule has 0 aromatic heterocycles. The minimum atomic E-state index is -0.816. The molecule has 1 aromatic rings. The number of carbonyl (C=O) groups is 4. The number of ether oxygens (including phenoxy) is 1. The third-order valence-corrected chi connectivity index (χ3v) is 3.90. The van der Waals surface area contributed by atoms with Gasteiger partial charge in [-0.2, -0.15) is 0 Å². The number of amides is 3. The van der Waals surface area contributed by atoms with Gasteiger partial charge in [0, 0.05) is 13.1 Å². The van der Waals surface area contributed by atoms with Gasteiger partial charge in [-0.05, 0) is 26.0 Å². The van der Waals surface area contributed by atoms with E-state index < -0.39 is 36.3 Å². The van der Waals surface area contributed by atoms with Crippen LogP contribution in [-0.4, -0.2) is 70.9 Å². The first-order valence-corrected chi connectivity index (χ1v) is 8.41. The lowest BCUT2D eigenvalue weighted by Crippen LogP contribution is -2.45. The van der Waals surface area contributed by atoms with Crippen LogP contribution in [0.25, 0.3) is 0 Å². The maximum absolute atomic E-state index is 12.6. The topological polar surface area (TPSA) is 104 Å². The Morgan fingerprint density at radius 3 is 2.27 bits per heavy atom. The second-order valence-electron chi connectivity index (χ2n) is 5.99. The second kappa shape index (κ2) is 8.57. The van der Waals surface area contributed by atoms with Crippen LogP contribution in [0.4, 0.5) is 0 Å². The van der Waals surface area contributed by atoms with Crippen molar-refractivity contribution in [3.63, 3.8) is 0 Å². The van der Waals surface area contributed by atoms with Crippen LogP contribution in [0, 0.1) is 0 Å². The van der Waals surface area contributed by atoms with E-state index in [1.165, 1.54) is 24.0 Å². The molecule has 0 spiro atoms. The Bertz CT molecular complexity index is 680. The smallest absolute Gasteiger partial charge is 0.307 e. The zero-order chi connectivity index (χ0) is 19.3. The van der Waals surface area contributed by atoms with Gasteiger partial charge in [-0.3, -0.25) is 24.1 Å². The van der Waals surface area contributed by atoms with Crippen molar-refractivity contribution in [2.45, 2.75) is 26.4 Å². The minimum absolute atomic E-state index is 0.0125. The van der Waals surface area contributed by atoms with Crippen LogP contribution in [0.15, 0.2) is 24.3 Å². The summed E-state index contributed by atoms with van der Waals surface area (Å²) in [4.78, 5) is 50.9. The van der Waals surface area contributed by atoms with Crippen molar-refractivity contribution in [2.24, 2.45) is 0 Å². The fraction of sp³-hybridized carbons (Fsp3) is 0.444. The van der Waals surface area contributed by atoms with Crippen LogP contribution in [0.2, 0.25) is 0 Å². The van der Waals surface area contributed by atoms with E-state index in [9.17, 15) is 24.3 Å². The molecule has 0 radical (unpaired) electrons. The molecule has 1 heterocycles. The van der Waals surface area contributed by atoms with Crippen molar-refractivity contribution in [1.29, 1.82) is 0 Å². The third-order valence-electron chi connectivity index (χ3n) is 3.90. The zero-order valence-corrected chi connectivity index (χ0v) is 14.8. The van der Waals surface area contributed by atoms with E-state index >= 15 is 0 Å². The predicted molar refractivity (Wildman–Crippen MR) is 91.3 cm³/mol. The molecular weight excluding hydrogens is 340 g/mol. The molecule has 0 saturated carbocycles. The molecule has 1 aromatic carbocycles. The number of imide groups is 1. The summed E-state index contributed by atoms with van der Waals surface area (Å²) in [5.74, 6) is -2.04. The summed E-state index contributed by atoms with van der Waals surface area (Å²) in [6.45, 7) is 3.00. The molecule has 8 heteroatoms. The molecule has 1 unspecified atom stereocenters. The van der Waals surface area contributed by atoms with Gasteiger partial charge in [0.05, 0.1) is 30.3 Å². The highest BCUT2D eigenvalue weighted by Crippen LogP contribution is 2.22. The minimum Gasteiger partial charge on any atom is -0.466 e. The fourth-order valence-corrected chi connectivity index (χ4v) is 2.71. The lowest BCUT2D eigenvalue weighted by Gasteiger charge is -2.25. The Labute approximate surface area is 151 Å². The van der Waals surface area contributed by atoms with Gasteiger partial charge in [-0.25, -0.2) is 0 Å². The number of aliphatic hydroxyl groups is 1. The van der Waals surface area contributed by atoms with Gasteiger partial charge in [-0.15, -0.1) is 0 Å². The van der Waals surface area contributed by atoms with E-state index in [2.05, 4.69) is 0 Å². The first kappa shape index (κ1) is 19.6. The number of nitrogens with zero attached hydrogens (tertiary/aromatic N) is 2. The van der Waals surface area contributed by atoms with Crippen LogP contribution in [0.3, 0.4) is 0 Å². The van der Waals surface area contributed by atoms with E-state index in [0.29, 0.717) is 0 Å². The number of fused-ring (bicyclic) bond motifs is 1. The third kappa shape index (κ3) is 4.45. The van der Waals surface area contributed by atoms with Gasteiger partial charge in [0.2, 0.25) is 5.91 Å². The van der Waals surface area contributed by atoms with Gasteiger partial charge < -0.3 is 14.7 Å². The van der Waals surface area contributed by atoms with E-state index in [1.807, 2.05) is 0 Å². The number of benzene rings is 1. The SMILES string of the molecule is CCOC(=O)CCN(CC(C)O)C(=O)CN1C(=O)c2ccccc2C1=O. The molecule has 8 nitrogen and oxygen atoms in total. The Kier molecular flexibility index (Phi) is 6.46. The van der Waals surface area contributed by atoms with Crippen molar-refractivity contribution in [3.05, 3.63) is 35.4 Å². The monoisotopic (exact) mass is 362 g/mol. The van der Waals surface area contributed by atoms with Crippen molar-refractivity contribution in [1.82, 2.24) is 9.80 Å². The average Bonchev–Trinajstić information content (AvgIpc) is 2.84. The molecule has 2 rings (SSSR count). The highest BCUT2D eigenvalue weighted by molar-refractivity contribution is 6.22. The Morgan fingerprint density at radius 2 is 1.77 bits per heavy atom. The standard InChI is InChI=1S/C18H22N2O6/c1-3-26-16(23)8-9-19(10-12(2)21)15(22)11-20-17(24)13-6-4-5-7-14(13)18(20)25/h4-7,12,21H,3,8-11H2,1-2H3. The summed E-state index contributed by atoms with van der Waals surface area (Å²) in [7, 11) is 0. The van der Waals surface area contributed by atoms with Crippen LogP contribution in [0.5, 0.6) is 0 Å². The molecular formula is C18H22N2O6. The van der Waals surface area contributed by atoms with Crippen molar-refractivity contribution in [2.75, 3.05) is 26.2 Å². The lowest BCUT2D eigenvalue weighted by molar-refractivity contribution is -0.144. The maximum atomic E-state index is 12.6. The van der Waals surface area contributed by atoms with Gasteiger partial charge in [0.1, 0.15) is 6.54 Å². The molecule has 1 atom stereocenters. The van der Waals surface area contributed by atoms with Gasteiger partial charge in [-0.1, -0.05) is 12.1 Å². The van der Waals surface area contributed by atoms with Crippen LogP contribution < -0.4 is 0 Å². The molecule has 3 amide bonds. The van der Waals surface area contributed by atoms with E-state index in [0.717, 1.165) is 4.90 Å². The summed E-state index contributed by atoms with van der Waals surface area (Å²) in [6, 6.07) is 6.37. The Balaban J connectivity index is 2.06. The molecule has 0 fully saturated rings. The first-order chi connectivity index (χ1) is 12.3. The van der Waals surface area contributed by atoms with Gasteiger partial charge in [0.15, 0.2) is 0 Å². The second-order valence-corrected chi connectivity index (χ2v) is 5.99. The molecule has 0 aliphatic carbocycles. The van der Waals surface area contributed by atoms with Crippen LogP contribution >= 0.6 is 0 Å². The molecule has 0 saturated heterocycles. The van der Waals surface area contributed by atoms with Crippen LogP contribution in [0.1, 0.15) is 41.0 Å². The summed E-state index contributed by atoms with van der Waals surface area (Å²) < 4.78 is 4.83. The predicted octanol–water partition coefficient (Wildman–Crippen LogP) is 0.445. The van der Waals surface area contributed by atoms with Crippen molar-refractivity contribution in [3.8, 4) is 0 Å². The number of hydrogen-bond acceptors (Lipinski definition) is 6. The molecule has 1 aliphatic rings. The number of aliphatic hydroxyl groups excluding tert-OH is 1. The molecule has 1 N–H and O–H groups in total. The molecule has 26 heavy (non-hydrogen) atoms. The normalized spacial score (nSPS) is 14.2. The lowest BCUT2D eigenvalue weighted by atomic mass is 10.1. The van der Waals surface area contributed by atoms with E-state index in [4.69, 9.17) is 4.74 Å². The largest absolute Gasteiger partial charge is 0.466 e. The Hall–Kier alpha value is -2.74. The molecule has 1 aliphatic heterocycles. The van der Waals surface area contributed by atoms with Crippen LogP contribution in [-0.2, 0) is 14.3 Å². The van der Waals surface area contributed by atoms with E-state index in [-0.39, 0.29) is 37.2 Å². The van der Waals surface area contributed by atoms with Gasteiger partial charge in [0.25, 0.3) is 11.8 Å². The Morgan fingerprint density at radius 1 is 1.19 bits per heavy atom. The zero-order valence-electron chi connectivity index (χ0n) is 14.8. The summed E-state index contributed by atoms with van der Waals surface area (Å²) in [5, 5.41) is 9.59. The quantitative estimate of drug-likeness (QED) is 0.532. The highest BCUT2D eigenvalue weighted by atomic mass is 16.5. The number of carbonyl (C=O) groups excluding carboxylic acids is 4. The number of rotatable bonds is 8. The van der Waals surface area contributed by atoms with Gasteiger partial charge >= 0.3 is 5.97 Å². The summed E-state index contributed by atoms with van der Waals surface area (Å²) in [5.41, 5.74) is 0.526. The maximum Gasteiger partial charge on any atom is 0.307 e. The molecule has 140 valence electrons. The number of esters is 1. The van der Waals surface area contributed by atoms with E-state index in [1.54, 1.807) is 19.1 Å². The van der Waals surface area contributed by atoms with Crippen molar-refractivity contribution < 1.29 is 29.0 Å². The van der Waals surface area contributed by atoms with Crippen molar-refractivity contribution >= 4 is 23.7 Å². The first-order valence-electron chi connectivity index (χ1n) is 8.41. The summed E-state index contributed by atoms with van der Waals surface area (Å²) in [6.07, 6.45) is -0.850. The summed E-state index contributed by atoms with van der Waals surface area (Å²) >= 11 is 0. The fourth-order valence-electron chi connectivity index (χ4n) is 2.71. The molecule has 0 bridgehead atoms. The number of hydrogen-bond donors (Lipinski definition) is 1.